The third-order valence-corrected chi connectivity index (χ3v) is 3.15. The molecule has 1 aliphatic heterocycles. The summed E-state index contributed by atoms with van der Waals surface area (Å²) in [6.45, 7) is 2.06. The van der Waals surface area contributed by atoms with Gasteiger partial charge in [0.15, 0.2) is 0 Å². The highest BCUT2D eigenvalue weighted by Crippen LogP contribution is 2.15. The van der Waals surface area contributed by atoms with Crippen LogP contribution in [0.25, 0.3) is 0 Å². The van der Waals surface area contributed by atoms with E-state index < -0.39 is 0 Å². The maximum absolute atomic E-state index is 5.03. The number of nitrogens with zero attached hydrogens (tertiary/aromatic N) is 4. The minimum Gasteiger partial charge on any atom is -0.302 e. The van der Waals surface area contributed by atoms with Gasteiger partial charge in [-0.25, -0.2) is 4.68 Å². The van der Waals surface area contributed by atoms with Crippen molar-refractivity contribution in [2.75, 3.05) is 13.6 Å². The molecular formula is C8H15N5S. The smallest absolute Gasteiger partial charge is 0.238 e. The Balaban J connectivity index is 2.03. The van der Waals surface area contributed by atoms with Gasteiger partial charge in [-0.2, -0.15) is 5.21 Å². The monoisotopic (exact) mass is 213 g/mol. The van der Waals surface area contributed by atoms with Gasteiger partial charge < -0.3 is 4.90 Å². The molecule has 1 N–H and O–H groups in total. The molecule has 0 amide bonds. The fourth-order valence-corrected chi connectivity index (χ4v) is 2.08. The molecular weight excluding hydrogens is 198 g/mol. The minimum absolute atomic E-state index is 0.545. The van der Waals surface area contributed by atoms with Crippen molar-refractivity contribution in [1.82, 2.24) is 25.1 Å². The molecule has 0 saturated carbocycles. The molecule has 14 heavy (non-hydrogen) atoms. The molecule has 1 atom stereocenters. The number of hydrogen-bond acceptors (Lipinski definition) is 4. The Hall–Kier alpha value is -0.750. The van der Waals surface area contributed by atoms with Crippen molar-refractivity contribution in [2.45, 2.75) is 31.8 Å². The molecule has 6 heteroatoms. The van der Waals surface area contributed by atoms with E-state index in [1.807, 2.05) is 4.68 Å². The third-order valence-electron chi connectivity index (χ3n) is 2.85. The highest BCUT2D eigenvalue weighted by Gasteiger charge is 2.19. The van der Waals surface area contributed by atoms with Gasteiger partial charge in [0.05, 0.1) is 6.54 Å². The van der Waals surface area contributed by atoms with Gasteiger partial charge >= 0.3 is 0 Å². The first-order chi connectivity index (χ1) is 6.77. The summed E-state index contributed by atoms with van der Waals surface area (Å²) in [6.07, 6.45) is 3.85. The molecule has 1 saturated heterocycles. The van der Waals surface area contributed by atoms with Gasteiger partial charge in [-0.3, -0.25) is 0 Å². The van der Waals surface area contributed by atoms with Gasteiger partial charge in [-0.1, -0.05) is 16.7 Å². The van der Waals surface area contributed by atoms with Crippen LogP contribution in [-0.2, 0) is 6.54 Å². The number of rotatable bonds is 2. The van der Waals surface area contributed by atoms with Crippen molar-refractivity contribution in [3.05, 3.63) is 4.77 Å². The average molecular weight is 213 g/mol. The van der Waals surface area contributed by atoms with E-state index in [4.69, 9.17) is 12.2 Å². The van der Waals surface area contributed by atoms with Crippen LogP contribution in [0.15, 0.2) is 0 Å². The topological polar surface area (TPSA) is 49.7 Å². The maximum atomic E-state index is 5.03. The lowest BCUT2D eigenvalue weighted by atomic mass is 10.0. The first-order valence-corrected chi connectivity index (χ1v) is 5.36. The average Bonchev–Trinajstić information content (AvgIpc) is 2.56. The maximum Gasteiger partial charge on any atom is 0.238 e. The van der Waals surface area contributed by atoms with E-state index in [1.54, 1.807) is 0 Å². The predicted molar refractivity (Wildman–Crippen MR) is 55.5 cm³/mol. The van der Waals surface area contributed by atoms with Crippen molar-refractivity contribution < 1.29 is 0 Å². The second kappa shape index (κ2) is 4.18. The fourth-order valence-electron chi connectivity index (χ4n) is 1.92. The Kier molecular flexibility index (Phi) is 2.93. The summed E-state index contributed by atoms with van der Waals surface area (Å²) in [5, 5.41) is 10.2. The molecule has 78 valence electrons. The van der Waals surface area contributed by atoms with E-state index in [0.29, 0.717) is 10.8 Å². The summed E-state index contributed by atoms with van der Waals surface area (Å²) in [7, 11) is 2.16. The first-order valence-electron chi connectivity index (χ1n) is 4.95. The van der Waals surface area contributed by atoms with E-state index in [9.17, 15) is 0 Å². The summed E-state index contributed by atoms with van der Waals surface area (Å²) in [5.41, 5.74) is 0. The number of hydrogen-bond donors (Lipinski definition) is 1. The number of nitrogens with one attached hydrogen (secondary N) is 1. The van der Waals surface area contributed by atoms with E-state index in [-0.39, 0.29) is 0 Å². The summed E-state index contributed by atoms with van der Waals surface area (Å²) in [5.74, 6) is 0. The van der Waals surface area contributed by atoms with E-state index >= 15 is 0 Å². The van der Waals surface area contributed by atoms with Crippen LogP contribution in [0, 0.1) is 4.77 Å². The Bertz CT molecular complexity index is 344. The van der Waals surface area contributed by atoms with Crippen LogP contribution in [0.2, 0.25) is 0 Å². The fraction of sp³-hybridized carbons (Fsp3) is 0.875. The van der Waals surface area contributed by atoms with Gasteiger partial charge in [0.1, 0.15) is 0 Å². The molecule has 1 aromatic heterocycles. The SMILES string of the molecule is CN1CCCCC1Cn1[nH]nnc1=S. The number of piperidine rings is 1. The third kappa shape index (κ3) is 2.01. The lowest BCUT2D eigenvalue weighted by molar-refractivity contribution is 0.162. The number of aromatic nitrogens is 4. The normalized spacial score (nSPS) is 23.9. The zero-order valence-corrected chi connectivity index (χ0v) is 9.13. The zero-order chi connectivity index (χ0) is 9.97. The highest BCUT2D eigenvalue weighted by molar-refractivity contribution is 7.71. The van der Waals surface area contributed by atoms with Crippen molar-refractivity contribution in [1.29, 1.82) is 0 Å². The van der Waals surface area contributed by atoms with E-state index in [2.05, 4.69) is 27.5 Å². The van der Waals surface area contributed by atoms with Crippen LogP contribution in [0.1, 0.15) is 19.3 Å². The van der Waals surface area contributed by atoms with Gasteiger partial charge in [0.25, 0.3) is 0 Å². The van der Waals surface area contributed by atoms with E-state index in [1.165, 1.54) is 25.8 Å². The van der Waals surface area contributed by atoms with Crippen molar-refractivity contribution >= 4 is 12.2 Å². The molecule has 0 spiro atoms. The number of likely N-dealkylation sites (N-methyl/N-ethyl adjacent to an activating group) is 1. The molecule has 5 nitrogen and oxygen atoms in total. The van der Waals surface area contributed by atoms with Crippen LogP contribution in [-0.4, -0.2) is 44.7 Å². The standard InChI is InChI=1S/C8H15N5S/c1-12-5-3-2-4-7(12)6-13-8(14)9-10-11-13/h7H,2-6H2,1H3,(H,9,11,14). The summed E-state index contributed by atoms with van der Waals surface area (Å²) < 4.78 is 2.38. The van der Waals surface area contributed by atoms with Crippen LogP contribution < -0.4 is 0 Å². The lowest BCUT2D eigenvalue weighted by Gasteiger charge is -2.32. The van der Waals surface area contributed by atoms with E-state index in [0.717, 1.165) is 6.54 Å². The van der Waals surface area contributed by atoms with Gasteiger partial charge in [-0.05, 0) is 38.7 Å². The van der Waals surface area contributed by atoms with Gasteiger partial charge in [-0.15, -0.1) is 0 Å². The van der Waals surface area contributed by atoms with Crippen LogP contribution >= 0.6 is 12.2 Å². The summed E-state index contributed by atoms with van der Waals surface area (Å²) >= 11 is 5.03. The minimum atomic E-state index is 0.545. The molecule has 0 radical (unpaired) electrons. The Morgan fingerprint density at radius 1 is 1.57 bits per heavy atom. The number of likely N-dealkylation sites (tertiary alicyclic amines) is 1. The number of tetrazole rings is 1. The molecule has 0 bridgehead atoms. The zero-order valence-electron chi connectivity index (χ0n) is 8.31. The summed E-state index contributed by atoms with van der Waals surface area (Å²) in [4.78, 5) is 2.38. The molecule has 1 aliphatic rings. The van der Waals surface area contributed by atoms with Crippen LogP contribution in [0.4, 0.5) is 0 Å². The molecule has 0 aromatic carbocycles. The first kappa shape index (κ1) is 9.79. The Morgan fingerprint density at radius 3 is 3.07 bits per heavy atom. The molecule has 2 heterocycles. The summed E-state index contributed by atoms with van der Waals surface area (Å²) in [6, 6.07) is 0.567. The Morgan fingerprint density at radius 2 is 2.43 bits per heavy atom. The molecule has 1 fully saturated rings. The second-order valence-corrected chi connectivity index (χ2v) is 4.19. The highest BCUT2D eigenvalue weighted by atomic mass is 32.1. The largest absolute Gasteiger partial charge is 0.302 e. The quantitative estimate of drug-likeness (QED) is 0.739. The second-order valence-electron chi connectivity index (χ2n) is 3.82. The van der Waals surface area contributed by atoms with Crippen molar-refractivity contribution in [2.24, 2.45) is 0 Å². The van der Waals surface area contributed by atoms with Crippen LogP contribution in [0.5, 0.6) is 0 Å². The van der Waals surface area contributed by atoms with Crippen LogP contribution in [0.3, 0.4) is 0 Å². The van der Waals surface area contributed by atoms with Crippen molar-refractivity contribution in [3.63, 3.8) is 0 Å². The molecule has 2 rings (SSSR count). The lowest BCUT2D eigenvalue weighted by Crippen LogP contribution is -2.39. The van der Waals surface area contributed by atoms with Gasteiger partial charge in [0.2, 0.25) is 4.77 Å². The van der Waals surface area contributed by atoms with Crippen molar-refractivity contribution in [3.8, 4) is 0 Å². The number of H-pyrrole nitrogens is 1. The van der Waals surface area contributed by atoms with Gasteiger partial charge in [0, 0.05) is 6.04 Å². The number of aromatic amines is 1. The molecule has 0 aliphatic carbocycles. The molecule has 1 aromatic rings. The molecule has 1 unspecified atom stereocenters. The Labute approximate surface area is 88.1 Å². The predicted octanol–water partition coefficient (Wildman–Crippen LogP) is 0.820.